The molecule has 1 nitrogen and oxygen atoms in total. The maximum atomic E-state index is 4.72. The third-order valence-corrected chi connectivity index (χ3v) is 3.92. The highest BCUT2D eigenvalue weighted by atomic mass is 32.1. The molecule has 0 aliphatic carbocycles. The minimum Gasteiger partial charge on any atom is -0.246 e. The van der Waals surface area contributed by atoms with Crippen LogP contribution in [-0.4, -0.2) is 4.98 Å². The van der Waals surface area contributed by atoms with Crippen molar-refractivity contribution >= 4 is 11.3 Å². The Morgan fingerprint density at radius 3 is 1.95 bits per heavy atom. The van der Waals surface area contributed by atoms with Crippen LogP contribution in [0.15, 0.2) is 66.0 Å². The van der Waals surface area contributed by atoms with Gasteiger partial charge < -0.3 is 0 Å². The predicted molar refractivity (Wildman–Crippen MR) is 80.6 cm³/mol. The van der Waals surface area contributed by atoms with Crippen molar-refractivity contribution in [2.75, 3.05) is 0 Å². The molecule has 0 spiro atoms. The van der Waals surface area contributed by atoms with Crippen LogP contribution in [0.5, 0.6) is 0 Å². The Kier molecular flexibility index (Phi) is 3.70. The van der Waals surface area contributed by atoms with Crippen molar-refractivity contribution in [1.82, 2.24) is 4.98 Å². The number of benzene rings is 2. The van der Waals surface area contributed by atoms with E-state index in [0.29, 0.717) is 0 Å². The van der Waals surface area contributed by atoms with Gasteiger partial charge in [0.1, 0.15) is 0 Å². The molecule has 0 fully saturated rings. The zero-order valence-corrected chi connectivity index (χ0v) is 11.4. The molecule has 3 aromatic rings. The first-order valence-corrected chi connectivity index (χ1v) is 7.29. The van der Waals surface area contributed by atoms with Gasteiger partial charge in [-0.2, -0.15) is 0 Å². The Morgan fingerprint density at radius 1 is 0.737 bits per heavy atom. The molecule has 0 amide bonds. The van der Waals surface area contributed by atoms with Crippen molar-refractivity contribution < 1.29 is 0 Å². The van der Waals surface area contributed by atoms with Gasteiger partial charge in [-0.3, -0.25) is 0 Å². The molecule has 0 aliphatic heterocycles. The average Bonchev–Trinajstić information content (AvgIpc) is 2.88. The van der Waals surface area contributed by atoms with Gasteiger partial charge in [-0.05, 0) is 11.1 Å². The zero-order valence-electron chi connectivity index (χ0n) is 10.6. The molecule has 2 heteroatoms. The fraction of sp³-hybridized carbons (Fsp3) is 0.118. The van der Waals surface area contributed by atoms with Crippen molar-refractivity contribution in [1.29, 1.82) is 0 Å². The molecule has 2 aromatic carbocycles. The van der Waals surface area contributed by atoms with Crippen LogP contribution < -0.4 is 0 Å². The van der Waals surface area contributed by atoms with Crippen molar-refractivity contribution in [3.63, 3.8) is 0 Å². The maximum Gasteiger partial charge on any atom is 0.0972 e. The molecule has 1 aromatic heterocycles. The predicted octanol–water partition coefficient (Wildman–Crippen LogP) is 4.32. The Hall–Kier alpha value is -1.93. The van der Waals surface area contributed by atoms with E-state index in [1.54, 1.807) is 11.3 Å². The molecular weight excluding hydrogens is 250 g/mol. The molecule has 19 heavy (non-hydrogen) atoms. The molecule has 0 aliphatic rings. The first-order chi connectivity index (χ1) is 9.40. The lowest BCUT2D eigenvalue weighted by Crippen LogP contribution is -1.90. The van der Waals surface area contributed by atoms with Gasteiger partial charge in [-0.15, -0.1) is 11.3 Å². The van der Waals surface area contributed by atoms with Crippen LogP contribution in [0, 0.1) is 0 Å². The van der Waals surface area contributed by atoms with E-state index in [2.05, 4.69) is 53.9 Å². The summed E-state index contributed by atoms with van der Waals surface area (Å²) in [6.45, 7) is 0. The molecule has 0 unspecified atom stereocenters. The van der Waals surface area contributed by atoms with Crippen LogP contribution >= 0.6 is 11.3 Å². The van der Waals surface area contributed by atoms with E-state index in [1.165, 1.54) is 21.8 Å². The van der Waals surface area contributed by atoms with Gasteiger partial charge in [0.05, 0.1) is 10.7 Å². The minimum atomic E-state index is 0.923. The van der Waals surface area contributed by atoms with Crippen LogP contribution in [0.3, 0.4) is 0 Å². The Morgan fingerprint density at radius 2 is 1.32 bits per heavy atom. The summed E-state index contributed by atoms with van der Waals surface area (Å²) in [6.07, 6.45) is 1.85. The van der Waals surface area contributed by atoms with Gasteiger partial charge in [0, 0.05) is 18.2 Å². The summed E-state index contributed by atoms with van der Waals surface area (Å²) in [5.41, 5.74) is 3.81. The smallest absolute Gasteiger partial charge is 0.0972 e. The highest BCUT2D eigenvalue weighted by Gasteiger charge is 2.04. The lowest BCUT2D eigenvalue weighted by Gasteiger charge is -1.98. The largest absolute Gasteiger partial charge is 0.246 e. The minimum absolute atomic E-state index is 0.923. The van der Waals surface area contributed by atoms with Crippen LogP contribution in [0.4, 0.5) is 0 Å². The van der Waals surface area contributed by atoms with Gasteiger partial charge in [-0.25, -0.2) is 4.98 Å². The number of rotatable bonds is 4. The third-order valence-electron chi connectivity index (χ3n) is 3.03. The van der Waals surface area contributed by atoms with E-state index in [9.17, 15) is 0 Å². The summed E-state index contributed by atoms with van der Waals surface area (Å²) in [7, 11) is 0. The van der Waals surface area contributed by atoms with Gasteiger partial charge in [-0.1, -0.05) is 60.7 Å². The van der Waals surface area contributed by atoms with E-state index < -0.39 is 0 Å². The standard InChI is InChI=1S/C17H15NS/c1-3-7-14(8-4-1)11-16-13-19-17(18-16)12-15-9-5-2-6-10-15/h1-10,13H,11-12H2. The number of hydrogen-bond acceptors (Lipinski definition) is 2. The molecule has 1 heterocycles. The quantitative estimate of drug-likeness (QED) is 0.684. The number of nitrogens with zero attached hydrogens (tertiary/aromatic N) is 1. The summed E-state index contributed by atoms with van der Waals surface area (Å²) >= 11 is 1.75. The first-order valence-electron chi connectivity index (χ1n) is 6.41. The summed E-state index contributed by atoms with van der Waals surface area (Å²) in [5.74, 6) is 0. The molecular formula is C17H15NS. The molecule has 0 N–H and O–H groups in total. The zero-order chi connectivity index (χ0) is 12.9. The fourth-order valence-electron chi connectivity index (χ4n) is 2.09. The number of hydrogen-bond donors (Lipinski definition) is 0. The second kappa shape index (κ2) is 5.81. The van der Waals surface area contributed by atoms with E-state index >= 15 is 0 Å². The second-order valence-corrected chi connectivity index (χ2v) is 5.50. The van der Waals surface area contributed by atoms with Crippen LogP contribution in [0.2, 0.25) is 0 Å². The van der Waals surface area contributed by atoms with E-state index in [1.807, 2.05) is 12.1 Å². The SMILES string of the molecule is c1ccc(Cc2csc(Cc3ccccc3)n2)cc1. The molecule has 0 atom stereocenters. The molecule has 0 saturated carbocycles. The second-order valence-electron chi connectivity index (χ2n) is 4.56. The third kappa shape index (κ3) is 3.30. The Labute approximate surface area is 117 Å². The maximum absolute atomic E-state index is 4.72. The normalized spacial score (nSPS) is 10.5. The van der Waals surface area contributed by atoms with Gasteiger partial charge >= 0.3 is 0 Å². The van der Waals surface area contributed by atoms with Crippen molar-refractivity contribution in [2.24, 2.45) is 0 Å². The van der Waals surface area contributed by atoms with Crippen molar-refractivity contribution in [3.8, 4) is 0 Å². The topological polar surface area (TPSA) is 12.9 Å². The van der Waals surface area contributed by atoms with Crippen molar-refractivity contribution in [3.05, 3.63) is 87.9 Å². The lowest BCUT2D eigenvalue weighted by atomic mass is 10.1. The summed E-state index contributed by atoms with van der Waals surface area (Å²) < 4.78 is 0. The molecule has 0 radical (unpaired) electrons. The number of aromatic nitrogens is 1. The summed E-state index contributed by atoms with van der Waals surface area (Å²) in [4.78, 5) is 4.72. The monoisotopic (exact) mass is 265 g/mol. The molecule has 0 saturated heterocycles. The summed E-state index contributed by atoms with van der Waals surface area (Å²) in [5, 5.41) is 3.36. The van der Waals surface area contributed by atoms with Gasteiger partial charge in [0.2, 0.25) is 0 Å². The Bertz CT molecular complexity index is 573. The fourth-order valence-corrected chi connectivity index (χ4v) is 2.91. The first kappa shape index (κ1) is 12.1. The highest BCUT2D eigenvalue weighted by molar-refractivity contribution is 7.09. The van der Waals surface area contributed by atoms with Crippen LogP contribution in [-0.2, 0) is 12.8 Å². The van der Waals surface area contributed by atoms with E-state index in [0.717, 1.165) is 12.8 Å². The molecule has 94 valence electrons. The lowest BCUT2D eigenvalue weighted by molar-refractivity contribution is 1.04. The average molecular weight is 265 g/mol. The molecule has 3 rings (SSSR count). The van der Waals surface area contributed by atoms with Crippen LogP contribution in [0.25, 0.3) is 0 Å². The Balaban J connectivity index is 1.70. The van der Waals surface area contributed by atoms with Crippen molar-refractivity contribution in [2.45, 2.75) is 12.8 Å². The van der Waals surface area contributed by atoms with E-state index in [-0.39, 0.29) is 0 Å². The van der Waals surface area contributed by atoms with Gasteiger partial charge in [0.15, 0.2) is 0 Å². The van der Waals surface area contributed by atoms with Gasteiger partial charge in [0.25, 0.3) is 0 Å². The highest BCUT2D eigenvalue weighted by Crippen LogP contribution is 2.17. The number of thiazole rings is 1. The van der Waals surface area contributed by atoms with Crippen LogP contribution in [0.1, 0.15) is 21.8 Å². The molecule has 0 bridgehead atoms. The summed E-state index contributed by atoms with van der Waals surface area (Å²) in [6, 6.07) is 21.0. The van der Waals surface area contributed by atoms with E-state index in [4.69, 9.17) is 4.98 Å².